The van der Waals surface area contributed by atoms with Crippen LogP contribution in [0.25, 0.3) is 0 Å². The molecule has 1 atom stereocenters. The Labute approximate surface area is 166 Å². The van der Waals surface area contributed by atoms with Crippen molar-refractivity contribution < 1.29 is 14.4 Å². The van der Waals surface area contributed by atoms with E-state index in [0.29, 0.717) is 38.2 Å². The molecule has 1 N–H and O–H groups in total. The lowest BCUT2D eigenvalue weighted by atomic mass is 10.1. The van der Waals surface area contributed by atoms with Gasteiger partial charge in [0.1, 0.15) is 6.04 Å². The fraction of sp³-hybridized carbons (Fsp3) is 0.550. The highest BCUT2D eigenvalue weighted by Crippen LogP contribution is 2.18. The second-order valence-corrected chi connectivity index (χ2v) is 7.68. The third kappa shape index (κ3) is 4.62. The molecular formula is C20H29N5O3. The van der Waals surface area contributed by atoms with Crippen LogP contribution < -0.4 is 5.32 Å². The Bertz CT molecular complexity index is 751. The molecule has 2 aliphatic heterocycles. The van der Waals surface area contributed by atoms with Crippen molar-refractivity contribution in [3.63, 3.8) is 0 Å². The van der Waals surface area contributed by atoms with E-state index >= 15 is 0 Å². The molecule has 0 bridgehead atoms. The van der Waals surface area contributed by atoms with E-state index in [1.807, 2.05) is 31.3 Å². The summed E-state index contributed by atoms with van der Waals surface area (Å²) in [4.78, 5) is 44.1. The predicted octanol–water partition coefficient (Wildman–Crippen LogP) is 0.698. The fourth-order valence-corrected chi connectivity index (χ4v) is 3.63. The molecule has 1 aromatic rings. The van der Waals surface area contributed by atoms with Gasteiger partial charge in [0.25, 0.3) is 0 Å². The Morgan fingerprint density at radius 1 is 1.18 bits per heavy atom. The van der Waals surface area contributed by atoms with Crippen molar-refractivity contribution in [1.82, 2.24) is 19.6 Å². The number of nitrogens with zero attached hydrogens (tertiary/aromatic N) is 4. The van der Waals surface area contributed by atoms with E-state index in [1.165, 1.54) is 0 Å². The first-order valence-electron chi connectivity index (χ1n) is 9.69. The smallest absolute Gasteiger partial charge is 0.321 e. The molecule has 8 heteroatoms. The summed E-state index contributed by atoms with van der Waals surface area (Å²) in [5.74, 6) is 0.158. The van der Waals surface area contributed by atoms with Gasteiger partial charge in [-0.25, -0.2) is 4.79 Å². The Balaban J connectivity index is 1.58. The van der Waals surface area contributed by atoms with Crippen molar-refractivity contribution >= 4 is 23.5 Å². The third-order valence-corrected chi connectivity index (χ3v) is 5.47. The highest BCUT2D eigenvalue weighted by atomic mass is 16.2. The average molecular weight is 387 g/mol. The van der Waals surface area contributed by atoms with Crippen molar-refractivity contribution in [2.45, 2.75) is 18.9 Å². The van der Waals surface area contributed by atoms with Gasteiger partial charge in [-0.3, -0.25) is 14.5 Å². The van der Waals surface area contributed by atoms with E-state index in [9.17, 15) is 14.4 Å². The summed E-state index contributed by atoms with van der Waals surface area (Å²) in [5.41, 5.74) is 1.70. The number of piperazine rings is 2. The van der Waals surface area contributed by atoms with E-state index in [0.717, 1.165) is 18.7 Å². The summed E-state index contributed by atoms with van der Waals surface area (Å²) in [5, 5.41) is 2.93. The van der Waals surface area contributed by atoms with Gasteiger partial charge in [-0.15, -0.1) is 0 Å². The van der Waals surface area contributed by atoms with Gasteiger partial charge in [0, 0.05) is 66.0 Å². The molecule has 4 amide bonds. The zero-order valence-electron chi connectivity index (χ0n) is 16.9. The predicted molar refractivity (Wildman–Crippen MR) is 107 cm³/mol. The summed E-state index contributed by atoms with van der Waals surface area (Å²) in [6, 6.07) is 7.13. The average Bonchev–Trinajstić information content (AvgIpc) is 2.69. The number of benzene rings is 1. The summed E-state index contributed by atoms with van der Waals surface area (Å²) in [6.07, 6.45) is 1.06. The molecule has 0 aromatic heterocycles. The van der Waals surface area contributed by atoms with Crippen molar-refractivity contribution in [3.8, 4) is 0 Å². The van der Waals surface area contributed by atoms with Crippen LogP contribution in [0.5, 0.6) is 0 Å². The highest BCUT2D eigenvalue weighted by molar-refractivity contribution is 5.90. The zero-order valence-corrected chi connectivity index (χ0v) is 16.9. The molecule has 0 spiro atoms. The molecule has 1 aromatic carbocycles. The van der Waals surface area contributed by atoms with E-state index in [1.54, 1.807) is 28.8 Å². The molecule has 2 aliphatic rings. The highest BCUT2D eigenvalue weighted by Gasteiger charge is 2.38. The Hall–Kier alpha value is -2.61. The van der Waals surface area contributed by atoms with Crippen LogP contribution >= 0.6 is 0 Å². The number of amides is 4. The number of hydrogen-bond acceptors (Lipinski definition) is 4. The van der Waals surface area contributed by atoms with Gasteiger partial charge in [0.2, 0.25) is 11.8 Å². The zero-order chi connectivity index (χ0) is 20.3. The van der Waals surface area contributed by atoms with Crippen LogP contribution in [0.1, 0.15) is 12.0 Å². The minimum atomic E-state index is -0.248. The van der Waals surface area contributed by atoms with Crippen LogP contribution in [0, 0.1) is 0 Å². The second-order valence-electron chi connectivity index (χ2n) is 7.68. The first-order chi connectivity index (χ1) is 13.3. The minimum Gasteiger partial charge on any atom is -0.349 e. The molecule has 2 fully saturated rings. The SMILES string of the molecule is CN(C)C(=O)CCc1cccc(NC(=O)N2CCN3CCN(C)C(=O)C3C2)c1. The van der Waals surface area contributed by atoms with Crippen LogP contribution in [0.15, 0.2) is 24.3 Å². The summed E-state index contributed by atoms with van der Waals surface area (Å²) >= 11 is 0. The third-order valence-electron chi connectivity index (χ3n) is 5.47. The number of rotatable bonds is 4. The summed E-state index contributed by atoms with van der Waals surface area (Å²) < 4.78 is 0. The summed E-state index contributed by atoms with van der Waals surface area (Å²) in [7, 11) is 5.30. The maximum Gasteiger partial charge on any atom is 0.321 e. The number of likely N-dealkylation sites (N-methyl/N-ethyl adjacent to an activating group) is 1. The first-order valence-corrected chi connectivity index (χ1v) is 9.69. The topological polar surface area (TPSA) is 76.2 Å². The Morgan fingerprint density at radius 2 is 1.93 bits per heavy atom. The number of fused-ring (bicyclic) bond motifs is 1. The lowest BCUT2D eigenvalue weighted by Gasteiger charge is -2.45. The van der Waals surface area contributed by atoms with E-state index in [2.05, 4.69) is 10.2 Å². The fourth-order valence-electron chi connectivity index (χ4n) is 3.63. The Morgan fingerprint density at radius 3 is 2.68 bits per heavy atom. The molecule has 1 unspecified atom stereocenters. The number of aryl methyl sites for hydroxylation is 1. The maximum atomic E-state index is 12.7. The monoisotopic (exact) mass is 387 g/mol. The van der Waals surface area contributed by atoms with Gasteiger partial charge < -0.3 is 20.0 Å². The number of hydrogen-bond donors (Lipinski definition) is 1. The van der Waals surface area contributed by atoms with E-state index in [4.69, 9.17) is 0 Å². The molecule has 8 nitrogen and oxygen atoms in total. The van der Waals surface area contributed by atoms with Gasteiger partial charge in [0.15, 0.2) is 0 Å². The molecule has 0 saturated carbocycles. The van der Waals surface area contributed by atoms with Crippen LogP contribution in [-0.2, 0) is 16.0 Å². The molecule has 3 rings (SSSR count). The van der Waals surface area contributed by atoms with E-state index in [-0.39, 0.29) is 23.9 Å². The number of carbonyl (C=O) groups is 3. The van der Waals surface area contributed by atoms with Crippen molar-refractivity contribution in [1.29, 1.82) is 0 Å². The van der Waals surface area contributed by atoms with Gasteiger partial charge in [-0.1, -0.05) is 12.1 Å². The van der Waals surface area contributed by atoms with Gasteiger partial charge >= 0.3 is 6.03 Å². The van der Waals surface area contributed by atoms with Crippen LogP contribution in [0.2, 0.25) is 0 Å². The van der Waals surface area contributed by atoms with Crippen molar-refractivity contribution in [3.05, 3.63) is 29.8 Å². The Kier molecular flexibility index (Phi) is 6.18. The lowest BCUT2D eigenvalue weighted by Crippen LogP contribution is -2.65. The van der Waals surface area contributed by atoms with Gasteiger partial charge in [0.05, 0.1) is 0 Å². The van der Waals surface area contributed by atoms with Gasteiger partial charge in [-0.2, -0.15) is 0 Å². The van der Waals surface area contributed by atoms with Crippen molar-refractivity contribution in [2.75, 3.05) is 59.2 Å². The summed E-state index contributed by atoms with van der Waals surface area (Å²) in [6.45, 7) is 3.33. The molecule has 2 saturated heterocycles. The molecule has 2 heterocycles. The number of carbonyl (C=O) groups excluding carboxylic acids is 3. The van der Waals surface area contributed by atoms with E-state index < -0.39 is 0 Å². The number of urea groups is 1. The molecular weight excluding hydrogens is 358 g/mol. The van der Waals surface area contributed by atoms with Crippen molar-refractivity contribution in [2.24, 2.45) is 0 Å². The number of anilines is 1. The van der Waals surface area contributed by atoms with Crippen LogP contribution in [0.4, 0.5) is 10.5 Å². The van der Waals surface area contributed by atoms with Gasteiger partial charge in [-0.05, 0) is 24.1 Å². The normalized spacial score (nSPS) is 20.0. The maximum absolute atomic E-state index is 12.7. The molecule has 0 radical (unpaired) electrons. The first kappa shape index (κ1) is 20.1. The van der Waals surface area contributed by atoms with Crippen LogP contribution in [-0.4, -0.2) is 97.4 Å². The minimum absolute atomic E-state index is 0.0782. The van der Waals surface area contributed by atoms with Crippen LogP contribution in [0.3, 0.4) is 0 Å². The second kappa shape index (κ2) is 8.60. The molecule has 28 heavy (non-hydrogen) atoms. The largest absolute Gasteiger partial charge is 0.349 e. The number of nitrogens with one attached hydrogen (secondary N) is 1. The quantitative estimate of drug-likeness (QED) is 0.825. The lowest BCUT2D eigenvalue weighted by molar-refractivity contribution is -0.142. The standard InChI is InChI=1S/C20H29N5O3/c1-22(2)18(26)8-7-15-5-4-6-16(13-15)21-20(28)25-12-11-24-10-9-23(3)19(27)17(24)14-25/h4-6,13,17H,7-12,14H2,1-3H3,(H,21,28). The molecule has 0 aliphatic carbocycles. The molecule has 152 valence electrons.